The first-order chi connectivity index (χ1) is 17.8. The van der Waals surface area contributed by atoms with E-state index in [1.54, 1.807) is 56.7 Å². The van der Waals surface area contributed by atoms with E-state index < -0.39 is 6.04 Å². The number of halogens is 1. The SMILES string of the molecule is COc1ccc(CNC(=O)[C@@H](Nc2ccc(C(=N)N)cc2)c2cc(OC)c(OC)c(OC)c2)cc1OC.Cl. The summed E-state index contributed by atoms with van der Waals surface area (Å²) in [7, 11) is 7.67. The van der Waals surface area contributed by atoms with Gasteiger partial charge in [-0.15, -0.1) is 12.4 Å². The number of nitrogens with two attached hydrogens (primary N) is 1. The summed E-state index contributed by atoms with van der Waals surface area (Å²) in [6.45, 7) is 0.255. The normalized spacial score (nSPS) is 10.9. The summed E-state index contributed by atoms with van der Waals surface area (Å²) in [4.78, 5) is 13.5. The van der Waals surface area contributed by atoms with E-state index in [4.69, 9.17) is 34.8 Å². The lowest BCUT2D eigenvalue weighted by atomic mass is 10.0. The second-order valence-electron chi connectivity index (χ2n) is 7.93. The molecule has 1 amide bonds. The third-order valence-corrected chi connectivity index (χ3v) is 5.70. The van der Waals surface area contributed by atoms with Gasteiger partial charge in [0, 0.05) is 17.8 Å². The van der Waals surface area contributed by atoms with Gasteiger partial charge in [-0.2, -0.15) is 0 Å². The molecule has 0 radical (unpaired) electrons. The fraction of sp³-hybridized carbons (Fsp3) is 0.259. The van der Waals surface area contributed by atoms with Gasteiger partial charge in [-0.25, -0.2) is 0 Å². The zero-order chi connectivity index (χ0) is 26.9. The molecule has 5 N–H and O–H groups in total. The van der Waals surface area contributed by atoms with Gasteiger partial charge in [0.2, 0.25) is 11.7 Å². The first kappa shape index (κ1) is 29.9. The topological polar surface area (TPSA) is 137 Å². The molecule has 0 aliphatic heterocycles. The maximum absolute atomic E-state index is 13.5. The van der Waals surface area contributed by atoms with Crippen molar-refractivity contribution in [1.29, 1.82) is 5.41 Å². The Bertz CT molecular complexity index is 1230. The Morgan fingerprint density at radius 3 is 1.89 bits per heavy atom. The molecule has 3 rings (SSSR count). The first-order valence-electron chi connectivity index (χ1n) is 11.3. The van der Waals surface area contributed by atoms with Gasteiger partial charge in [-0.05, 0) is 59.7 Å². The molecule has 11 heteroatoms. The van der Waals surface area contributed by atoms with Gasteiger partial charge in [0.1, 0.15) is 11.9 Å². The van der Waals surface area contributed by atoms with Crippen LogP contribution in [0.4, 0.5) is 5.69 Å². The molecule has 38 heavy (non-hydrogen) atoms. The number of amidine groups is 1. The molecule has 0 unspecified atom stereocenters. The van der Waals surface area contributed by atoms with Crippen molar-refractivity contribution in [3.8, 4) is 28.7 Å². The molecule has 0 saturated carbocycles. The van der Waals surface area contributed by atoms with Crippen LogP contribution in [0.3, 0.4) is 0 Å². The minimum Gasteiger partial charge on any atom is -0.493 e. The van der Waals surface area contributed by atoms with Crippen LogP contribution in [0.5, 0.6) is 28.7 Å². The third kappa shape index (κ3) is 6.92. The second kappa shape index (κ2) is 13.8. The van der Waals surface area contributed by atoms with E-state index >= 15 is 0 Å². The summed E-state index contributed by atoms with van der Waals surface area (Å²) in [6, 6.07) is 15.0. The Morgan fingerprint density at radius 2 is 1.39 bits per heavy atom. The molecule has 0 aromatic heterocycles. The maximum atomic E-state index is 13.5. The van der Waals surface area contributed by atoms with Crippen molar-refractivity contribution < 1.29 is 28.5 Å². The number of methoxy groups -OCH3 is 5. The van der Waals surface area contributed by atoms with Gasteiger partial charge in [0.15, 0.2) is 23.0 Å². The fourth-order valence-corrected chi connectivity index (χ4v) is 3.76. The molecule has 0 aliphatic rings. The molecular formula is C27H33ClN4O6. The molecular weight excluding hydrogens is 512 g/mol. The van der Waals surface area contributed by atoms with Crippen LogP contribution in [0.1, 0.15) is 22.7 Å². The number of rotatable bonds is 12. The van der Waals surface area contributed by atoms with Gasteiger partial charge in [0.25, 0.3) is 0 Å². The lowest BCUT2D eigenvalue weighted by molar-refractivity contribution is -0.122. The molecule has 0 heterocycles. The molecule has 10 nitrogen and oxygen atoms in total. The lowest BCUT2D eigenvalue weighted by Gasteiger charge is -2.22. The Balaban J connectivity index is 0.00000507. The number of nitrogen functional groups attached to an aromatic ring is 1. The number of carbonyl (C=O) groups is 1. The zero-order valence-corrected chi connectivity index (χ0v) is 22.7. The van der Waals surface area contributed by atoms with Gasteiger partial charge in [-0.3, -0.25) is 10.2 Å². The highest BCUT2D eigenvalue weighted by Gasteiger charge is 2.25. The Kier molecular flexibility index (Phi) is 10.9. The smallest absolute Gasteiger partial charge is 0.247 e. The highest BCUT2D eigenvalue weighted by atomic mass is 35.5. The van der Waals surface area contributed by atoms with Crippen molar-refractivity contribution >= 4 is 29.8 Å². The number of ether oxygens (including phenoxy) is 5. The molecule has 0 fully saturated rings. The van der Waals surface area contributed by atoms with Crippen molar-refractivity contribution in [1.82, 2.24) is 5.32 Å². The molecule has 3 aromatic carbocycles. The number of hydrogen-bond acceptors (Lipinski definition) is 8. The average molecular weight is 545 g/mol. The van der Waals surface area contributed by atoms with Gasteiger partial charge < -0.3 is 40.1 Å². The monoisotopic (exact) mass is 544 g/mol. The Morgan fingerprint density at radius 1 is 0.816 bits per heavy atom. The van der Waals surface area contributed by atoms with Crippen molar-refractivity contribution in [3.05, 3.63) is 71.3 Å². The molecule has 0 bridgehead atoms. The van der Waals surface area contributed by atoms with Crippen molar-refractivity contribution in [2.24, 2.45) is 5.73 Å². The molecule has 3 aromatic rings. The number of benzene rings is 3. The maximum Gasteiger partial charge on any atom is 0.247 e. The molecule has 0 aliphatic carbocycles. The summed E-state index contributed by atoms with van der Waals surface area (Å²) >= 11 is 0. The molecule has 0 saturated heterocycles. The molecule has 0 spiro atoms. The highest BCUT2D eigenvalue weighted by Crippen LogP contribution is 2.40. The summed E-state index contributed by atoms with van der Waals surface area (Å²) < 4.78 is 27.1. The van der Waals surface area contributed by atoms with Crippen molar-refractivity contribution in [2.75, 3.05) is 40.9 Å². The highest BCUT2D eigenvalue weighted by molar-refractivity contribution is 5.95. The number of carbonyl (C=O) groups excluding carboxylic acids is 1. The van der Waals surface area contributed by atoms with E-state index in [0.717, 1.165) is 5.56 Å². The Labute approximate surface area is 228 Å². The van der Waals surface area contributed by atoms with Crippen LogP contribution in [-0.2, 0) is 11.3 Å². The second-order valence-corrected chi connectivity index (χ2v) is 7.93. The Hall–Kier alpha value is -4.31. The predicted molar refractivity (Wildman–Crippen MR) is 149 cm³/mol. The zero-order valence-electron chi connectivity index (χ0n) is 21.9. The van der Waals surface area contributed by atoms with Crippen LogP contribution in [0.15, 0.2) is 54.6 Å². The van der Waals surface area contributed by atoms with Crippen LogP contribution < -0.4 is 40.1 Å². The summed E-state index contributed by atoms with van der Waals surface area (Å²) in [5.41, 5.74) is 8.23. The fourth-order valence-electron chi connectivity index (χ4n) is 3.76. The van der Waals surface area contributed by atoms with Crippen molar-refractivity contribution in [3.63, 3.8) is 0 Å². The first-order valence-corrected chi connectivity index (χ1v) is 11.3. The van der Waals surface area contributed by atoms with Crippen LogP contribution >= 0.6 is 12.4 Å². The minimum absolute atomic E-state index is 0. The molecule has 204 valence electrons. The van der Waals surface area contributed by atoms with E-state index in [-0.39, 0.29) is 30.7 Å². The summed E-state index contributed by atoms with van der Waals surface area (Å²) in [5, 5.41) is 13.8. The number of hydrogen-bond donors (Lipinski definition) is 4. The van der Waals surface area contributed by atoms with Crippen LogP contribution in [0.2, 0.25) is 0 Å². The largest absolute Gasteiger partial charge is 0.493 e. The summed E-state index contributed by atoms with van der Waals surface area (Å²) in [5.74, 6) is 2.10. The standard InChI is InChI=1S/C27H32N4O6.ClH/c1-33-20-11-6-16(12-21(20)34-2)15-30-27(32)24(31-19-9-7-17(8-10-19)26(28)29)18-13-22(35-3)25(37-5)23(14-18)36-4;/h6-14,24,31H,15H2,1-5H3,(H3,28,29)(H,30,32);1H/t24-;/m0./s1. The third-order valence-electron chi connectivity index (χ3n) is 5.70. The number of anilines is 1. The average Bonchev–Trinajstić information content (AvgIpc) is 2.93. The van der Waals surface area contributed by atoms with Gasteiger partial charge in [-0.1, -0.05) is 6.07 Å². The van der Waals surface area contributed by atoms with Gasteiger partial charge >= 0.3 is 0 Å². The summed E-state index contributed by atoms with van der Waals surface area (Å²) in [6.07, 6.45) is 0. The molecule has 1 atom stereocenters. The van der Waals surface area contributed by atoms with E-state index in [1.165, 1.54) is 21.3 Å². The van der Waals surface area contributed by atoms with Gasteiger partial charge in [0.05, 0.1) is 35.5 Å². The number of nitrogens with one attached hydrogen (secondary N) is 3. The number of amides is 1. The lowest BCUT2D eigenvalue weighted by Crippen LogP contribution is -2.33. The van der Waals surface area contributed by atoms with Crippen molar-refractivity contribution in [2.45, 2.75) is 12.6 Å². The van der Waals surface area contributed by atoms with Crippen LogP contribution in [-0.4, -0.2) is 47.3 Å². The predicted octanol–water partition coefficient (Wildman–Crippen LogP) is 3.91. The van der Waals surface area contributed by atoms with E-state index in [0.29, 0.717) is 45.6 Å². The van der Waals surface area contributed by atoms with E-state index in [2.05, 4.69) is 10.6 Å². The minimum atomic E-state index is -0.822. The van der Waals surface area contributed by atoms with E-state index in [1.807, 2.05) is 12.1 Å². The quantitative estimate of drug-likeness (QED) is 0.199. The van der Waals surface area contributed by atoms with Crippen LogP contribution in [0.25, 0.3) is 0 Å². The van der Waals surface area contributed by atoms with E-state index in [9.17, 15) is 4.79 Å². The van der Waals surface area contributed by atoms with Crippen LogP contribution in [0, 0.1) is 5.41 Å².